The Labute approximate surface area is 170 Å². The Balaban J connectivity index is 1.52. The van der Waals surface area contributed by atoms with E-state index in [1.54, 1.807) is 25.1 Å². The molecular weight excluding hydrogens is 368 g/mol. The summed E-state index contributed by atoms with van der Waals surface area (Å²) < 4.78 is 1.50. The fourth-order valence-electron chi connectivity index (χ4n) is 4.55. The van der Waals surface area contributed by atoms with Crippen molar-refractivity contribution < 1.29 is 9.59 Å². The molecule has 2 aliphatic heterocycles. The lowest BCUT2D eigenvalue weighted by atomic mass is 9.85. The second kappa shape index (κ2) is 7.13. The molecule has 0 bridgehead atoms. The number of rotatable bonds is 3. The number of nitrogens with zero attached hydrogens (tertiary/aromatic N) is 4. The molecule has 1 unspecified atom stereocenters. The topological polar surface area (TPSA) is 75.5 Å². The highest BCUT2D eigenvalue weighted by Crippen LogP contribution is 2.41. The minimum Gasteiger partial charge on any atom is -0.337 e. The van der Waals surface area contributed by atoms with Gasteiger partial charge < -0.3 is 14.4 Å². The Morgan fingerprint density at radius 2 is 1.93 bits per heavy atom. The largest absolute Gasteiger partial charge is 0.337 e. The van der Waals surface area contributed by atoms with E-state index in [9.17, 15) is 14.4 Å². The molecule has 2 fully saturated rings. The highest BCUT2D eigenvalue weighted by atomic mass is 16.2. The van der Waals surface area contributed by atoms with Crippen LogP contribution in [0.3, 0.4) is 0 Å². The summed E-state index contributed by atoms with van der Waals surface area (Å²) >= 11 is 0. The van der Waals surface area contributed by atoms with E-state index in [1.165, 1.54) is 4.57 Å². The lowest BCUT2D eigenvalue weighted by Crippen LogP contribution is -2.40. The average Bonchev–Trinajstić information content (AvgIpc) is 3.27. The fraction of sp³-hybridized carbons (Fsp3) is 0.455. The summed E-state index contributed by atoms with van der Waals surface area (Å²) in [7, 11) is 1.68. The number of hydrogen-bond acceptors (Lipinski definition) is 4. The predicted octanol–water partition coefficient (Wildman–Crippen LogP) is 1.66. The maximum Gasteiger partial charge on any atom is 0.263 e. The highest BCUT2D eigenvalue weighted by Gasteiger charge is 2.51. The van der Waals surface area contributed by atoms with Crippen LogP contribution in [0.5, 0.6) is 0 Å². The van der Waals surface area contributed by atoms with Crippen molar-refractivity contribution in [1.29, 1.82) is 0 Å². The van der Waals surface area contributed by atoms with Crippen LogP contribution in [0, 0.1) is 19.3 Å². The molecule has 2 amide bonds. The molecule has 4 rings (SSSR count). The standard InChI is InChI=1S/C22H26N4O3/c1-15-12-16(2)24(3)19(27)18(15)20(28)26-11-8-22(14-26)7-10-25(21(22)29)13-17-6-4-5-9-23-17/h4-6,9,12H,7-8,10-11,13-14H2,1-3H3. The summed E-state index contributed by atoms with van der Waals surface area (Å²) in [5, 5.41) is 0. The van der Waals surface area contributed by atoms with Crippen LogP contribution in [0.15, 0.2) is 35.3 Å². The second-order valence-electron chi connectivity index (χ2n) is 8.26. The first-order chi connectivity index (χ1) is 13.8. The van der Waals surface area contributed by atoms with Crippen molar-refractivity contribution >= 4 is 11.8 Å². The highest BCUT2D eigenvalue weighted by molar-refractivity contribution is 5.96. The maximum atomic E-state index is 13.2. The molecule has 0 aliphatic carbocycles. The molecule has 2 aliphatic rings. The lowest BCUT2D eigenvalue weighted by molar-refractivity contribution is -0.135. The Kier molecular flexibility index (Phi) is 4.76. The molecule has 1 atom stereocenters. The first-order valence-corrected chi connectivity index (χ1v) is 9.98. The van der Waals surface area contributed by atoms with E-state index in [-0.39, 0.29) is 22.9 Å². The van der Waals surface area contributed by atoms with Crippen molar-refractivity contribution in [2.45, 2.75) is 33.2 Å². The van der Waals surface area contributed by atoms with E-state index >= 15 is 0 Å². The molecule has 2 saturated heterocycles. The minimum absolute atomic E-state index is 0.0898. The third kappa shape index (κ3) is 3.24. The normalized spacial score (nSPS) is 21.4. The summed E-state index contributed by atoms with van der Waals surface area (Å²) in [5.74, 6) is -0.178. The molecule has 4 heterocycles. The van der Waals surface area contributed by atoms with Gasteiger partial charge in [-0.1, -0.05) is 6.07 Å². The molecule has 2 aromatic rings. The zero-order chi connectivity index (χ0) is 20.8. The SMILES string of the molecule is Cc1cc(C)n(C)c(=O)c1C(=O)N1CCC2(CCN(Cc3ccccn3)C2=O)C1. The van der Waals surface area contributed by atoms with Gasteiger partial charge in [0.05, 0.1) is 17.7 Å². The van der Waals surface area contributed by atoms with Crippen LogP contribution in [0.4, 0.5) is 0 Å². The third-order valence-electron chi connectivity index (χ3n) is 6.40. The van der Waals surface area contributed by atoms with Crippen molar-refractivity contribution in [1.82, 2.24) is 19.4 Å². The van der Waals surface area contributed by atoms with Crippen LogP contribution in [0.2, 0.25) is 0 Å². The monoisotopic (exact) mass is 394 g/mol. The molecule has 29 heavy (non-hydrogen) atoms. The number of carbonyl (C=O) groups excluding carboxylic acids is 2. The molecule has 0 radical (unpaired) electrons. The van der Waals surface area contributed by atoms with Crippen molar-refractivity contribution in [2.75, 3.05) is 19.6 Å². The first kappa shape index (κ1) is 19.4. The van der Waals surface area contributed by atoms with E-state index in [1.807, 2.05) is 36.1 Å². The van der Waals surface area contributed by atoms with Gasteiger partial charge in [0.25, 0.3) is 11.5 Å². The van der Waals surface area contributed by atoms with Crippen LogP contribution >= 0.6 is 0 Å². The Morgan fingerprint density at radius 1 is 1.17 bits per heavy atom. The van der Waals surface area contributed by atoms with Crippen LogP contribution in [-0.2, 0) is 18.4 Å². The summed E-state index contributed by atoms with van der Waals surface area (Å²) in [5.41, 5.74) is 1.77. The van der Waals surface area contributed by atoms with Gasteiger partial charge in [0, 0.05) is 38.6 Å². The summed E-state index contributed by atoms with van der Waals surface area (Å²) in [6.07, 6.45) is 3.10. The molecule has 152 valence electrons. The molecule has 1 spiro atoms. The van der Waals surface area contributed by atoms with Gasteiger partial charge in [-0.15, -0.1) is 0 Å². The number of aromatic nitrogens is 2. The number of hydrogen-bond donors (Lipinski definition) is 0. The molecule has 7 heteroatoms. The predicted molar refractivity (Wildman–Crippen MR) is 108 cm³/mol. The lowest BCUT2D eigenvalue weighted by Gasteiger charge is -2.24. The van der Waals surface area contributed by atoms with E-state index in [2.05, 4.69) is 4.98 Å². The van der Waals surface area contributed by atoms with Gasteiger partial charge >= 0.3 is 0 Å². The molecule has 0 N–H and O–H groups in total. The van der Waals surface area contributed by atoms with Crippen LogP contribution in [0.25, 0.3) is 0 Å². The Hall–Kier alpha value is -2.96. The smallest absolute Gasteiger partial charge is 0.263 e. The zero-order valence-corrected chi connectivity index (χ0v) is 17.1. The van der Waals surface area contributed by atoms with E-state index in [0.29, 0.717) is 38.2 Å². The van der Waals surface area contributed by atoms with Gasteiger partial charge in [0.1, 0.15) is 5.56 Å². The summed E-state index contributed by atoms with van der Waals surface area (Å²) in [6.45, 7) is 5.68. The van der Waals surface area contributed by atoms with Crippen LogP contribution in [0.1, 0.15) is 40.2 Å². The molecule has 0 aromatic carbocycles. The van der Waals surface area contributed by atoms with E-state index in [4.69, 9.17) is 0 Å². The molecule has 2 aromatic heterocycles. The van der Waals surface area contributed by atoms with Crippen LogP contribution in [-0.4, -0.2) is 50.8 Å². The minimum atomic E-state index is -0.533. The average molecular weight is 394 g/mol. The first-order valence-electron chi connectivity index (χ1n) is 9.98. The third-order valence-corrected chi connectivity index (χ3v) is 6.40. The van der Waals surface area contributed by atoms with Gasteiger partial charge in [-0.2, -0.15) is 0 Å². The number of amides is 2. The zero-order valence-electron chi connectivity index (χ0n) is 17.1. The number of pyridine rings is 2. The number of carbonyl (C=O) groups is 2. The quantitative estimate of drug-likeness (QED) is 0.794. The second-order valence-corrected chi connectivity index (χ2v) is 8.26. The van der Waals surface area contributed by atoms with Gasteiger partial charge in [0.2, 0.25) is 5.91 Å². The van der Waals surface area contributed by atoms with Gasteiger partial charge in [-0.3, -0.25) is 19.4 Å². The van der Waals surface area contributed by atoms with E-state index < -0.39 is 5.41 Å². The summed E-state index contributed by atoms with van der Waals surface area (Å²) in [4.78, 5) is 46.8. The Bertz CT molecular complexity index is 1030. The van der Waals surface area contributed by atoms with Crippen LogP contribution < -0.4 is 5.56 Å². The number of aryl methyl sites for hydroxylation is 2. The fourth-order valence-corrected chi connectivity index (χ4v) is 4.55. The summed E-state index contributed by atoms with van der Waals surface area (Å²) in [6, 6.07) is 7.54. The number of likely N-dealkylation sites (tertiary alicyclic amines) is 2. The molecule has 7 nitrogen and oxygen atoms in total. The molecule has 0 saturated carbocycles. The van der Waals surface area contributed by atoms with Crippen molar-refractivity contribution in [2.24, 2.45) is 12.5 Å². The van der Waals surface area contributed by atoms with Crippen molar-refractivity contribution in [3.63, 3.8) is 0 Å². The van der Waals surface area contributed by atoms with Gasteiger partial charge in [-0.25, -0.2) is 0 Å². The van der Waals surface area contributed by atoms with E-state index in [0.717, 1.165) is 17.8 Å². The molecular formula is C22H26N4O3. The maximum absolute atomic E-state index is 13.2. The van der Waals surface area contributed by atoms with Crippen molar-refractivity contribution in [3.8, 4) is 0 Å². The van der Waals surface area contributed by atoms with Crippen molar-refractivity contribution in [3.05, 3.63) is 63.3 Å². The Morgan fingerprint density at radius 3 is 2.66 bits per heavy atom. The van der Waals surface area contributed by atoms with Gasteiger partial charge in [0.15, 0.2) is 0 Å². The van der Waals surface area contributed by atoms with Gasteiger partial charge in [-0.05, 0) is 50.5 Å².